The van der Waals surface area contributed by atoms with Crippen molar-refractivity contribution in [3.63, 3.8) is 0 Å². The molecule has 4 aromatic rings. The van der Waals surface area contributed by atoms with Crippen molar-refractivity contribution >= 4 is 39.0 Å². The van der Waals surface area contributed by atoms with Crippen LogP contribution in [0.25, 0.3) is 39.0 Å². The molecule has 0 bridgehead atoms. The molecule has 2 aromatic heterocycles. The number of aromatic hydroxyl groups is 1. The quantitative estimate of drug-likeness (QED) is 0.476. The van der Waals surface area contributed by atoms with E-state index in [-0.39, 0.29) is 5.75 Å². The predicted octanol–water partition coefficient (Wildman–Crippen LogP) is 4.58. The third-order valence-electron chi connectivity index (χ3n) is 4.50. The lowest BCUT2D eigenvalue weighted by molar-refractivity contribution is 0.159. The first kappa shape index (κ1) is 14.2. The van der Waals surface area contributed by atoms with E-state index in [1.807, 2.05) is 38.1 Å². The lowest BCUT2D eigenvalue weighted by atomic mass is 10.00. The van der Waals surface area contributed by atoms with Gasteiger partial charge in [-0.3, -0.25) is 0 Å². The highest BCUT2D eigenvalue weighted by Crippen LogP contribution is 2.39. The van der Waals surface area contributed by atoms with Crippen LogP contribution in [-0.4, -0.2) is 10.7 Å². The molecule has 2 aromatic carbocycles. The number of phenolic OH excluding ortho intramolecular Hbond substituents is 1. The third kappa shape index (κ3) is 1.92. The van der Waals surface area contributed by atoms with Crippen LogP contribution in [0.1, 0.15) is 19.4 Å². The zero-order valence-corrected chi connectivity index (χ0v) is 13.6. The molecule has 0 amide bonds. The van der Waals surface area contributed by atoms with Gasteiger partial charge in [0.05, 0.1) is 10.9 Å². The minimum atomic E-state index is -0.474. The van der Waals surface area contributed by atoms with Gasteiger partial charge in [0, 0.05) is 11.5 Å². The maximum absolute atomic E-state index is 12.6. The van der Waals surface area contributed by atoms with Gasteiger partial charge < -0.3 is 18.7 Å². The summed E-state index contributed by atoms with van der Waals surface area (Å²) >= 11 is 0. The largest absolute Gasteiger partial charge is 0.508 e. The fourth-order valence-electron chi connectivity index (χ4n) is 3.34. The summed E-state index contributed by atoms with van der Waals surface area (Å²) in [5.41, 5.74) is 1.16. The molecule has 5 nitrogen and oxygen atoms in total. The Morgan fingerprint density at radius 1 is 1.00 bits per heavy atom. The highest BCUT2D eigenvalue weighted by atomic mass is 16.5. The molecule has 5 heteroatoms. The summed E-state index contributed by atoms with van der Waals surface area (Å²) < 4.78 is 17.4. The van der Waals surface area contributed by atoms with Gasteiger partial charge >= 0.3 is 5.63 Å². The van der Waals surface area contributed by atoms with Crippen LogP contribution >= 0.6 is 0 Å². The molecule has 0 aliphatic carbocycles. The Kier molecular flexibility index (Phi) is 2.52. The Hall–Kier alpha value is -3.21. The topological polar surface area (TPSA) is 72.8 Å². The Bertz CT molecular complexity index is 1270. The summed E-state index contributed by atoms with van der Waals surface area (Å²) in [7, 11) is 0. The van der Waals surface area contributed by atoms with E-state index in [1.165, 1.54) is 12.1 Å². The van der Waals surface area contributed by atoms with Crippen LogP contribution in [0.5, 0.6) is 11.5 Å². The molecule has 25 heavy (non-hydrogen) atoms. The van der Waals surface area contributed by atoms with E-state index in [1.54, 1.807) is 6.07 Å². The second-order valence-electron chi connectivity index (χ2n) is 6.77. The molecule has 0 saturated carbocycles. The van der Waals surface area contributed by atoms with Crippen LogP contribution < -0.4 is 10.4 Å². The second-order valence-corrected chi connectivity index (χ2v) is 6.77. The molecule has 5 rings (SSSR count). The average Bonchev–Trinajstić information content (AvgIpc) is 2.92. The lowest BCUT2D eigenvalue weighted by Crippen LogP contribution is -2.27. The van der Waals surface area contributed by atoms with Gasteiger partial charge in [-0.15, -0.1) is 0 Å². The van der Waals surface area contributed by atoms with Gasteiger partial charge in [-0.05, 0) is 50.3 Å². The van der Waals surface area contributed by atoms with E-state index in [9.17, 15) is 9.90 Å². The van der Waals surface area contributed by atoms with Gasteiger partial charge in [0.15, 0.2) is 11.2 Å². The van der Waals surface area contributed by atoms with Gasteiger partial charge in [0.2, 0.25) is 0 Å². The Balaban J connectivity index is 1.94. The van der Waals surface area contributed by atoms with E-state index in [0.717, 1.165) is 5.56 Å². The molecule has 0 radical (unpaired) electrons. The second kappa shape index (κ2) is 4.45. The molecule has 1 aliphatic heterocycles. The molecule has 3 heterocycles. The molecule has 0 unspecified atom stereocenters. The molecular formula is C20H14O5. The number of benzene rings is 2. The first-order chi connectivity index (χ1) is 11.9. The lowest BCUT2D eigenvalue weighted by Gasteiger charge is -2.27. The minimum absolute atomic E-state index is 0.0798. The normalized spacial score (nSPS) is 15.6. The van der Waals surface area contributed by atoms with Gasteiger partial charge in [-0.25, -0.2) is 4.79 Å². The molecule has 1 N–H and O–H groups in total. The van der Waals surface area contributed by atoms with Crippen molar-refractivity contribution in [3.8, 4) is 11.5 Å². The van der Waals surface area contributed by atoms with E-state index >= 15 is 0 Å². The maximum atomic E-state index is 12.6. The number of hydrogen-bond donors (Lipinski definition) is 1. The van der Waals surface area contributed by atoms with E-state index in [2.05, 4.69) is 0 Å². The van der Waals surface area contributed by atoms with Gasteiger partial charge in [0.25, 0.3) is 0 Å². The molecule has 1 aliphatic rings. The number of fused-ring (bicyclic) bond motifs is 7. The highest BCUT2D eigenvalue weighted by molar-refractivity contribution is 6.14. The number of hydrogen-bond acceptors (Lipinski definition) is 5. The minimum Gasteiger partial charge on any atom is -0.508 e. The zero-order chi connectivity index (χ0) is 17.3. The molecule has 0 fully saturated rings. The summed E-state index contributed by atoms with van der Waals surface area (Å²) in [5, 5.41) is 11.3. The van der Waals surface area contributed by atoms with Crippen LogP contribution in [-0.2, 0) is 0 Å². The Morgan fingerprint density at radius 3 is 2.64 bits per heavy atom. The van der Waals surface area contributed by atoms with Crippen LogP contribution in [0.2, 0.25) is 0 Å². The van der Waals surface area contributed by atoms with Gasteiger partial charge in [0.1, 0.15) is 28.1 Å². The monoisotopic (exact) mass is 334 g/mol. The smallest absolute Gasteiger partial charge is 0.348 e. The number of rotatable bonds is 0. The summed E-state index contributed by atoms with van der Waals surface area (Å²) in [6, 6.07) is 8.35. The highest BCUT2D eigenvalue weighted by Gasteiger charge is 2.25. The van der Waals surface area contributed by atoms with Crippen LogP contribution in [0, 0.1) is 0 Å². The molecule has 0 spiro atoms. The van der Waals surface area contributed by atoms with Crippen molar-refractivity contribution in [2.24, 2.45) is 0 Å². The molecular weight excluding hydrogens is 320 g/mol. The van der Waals surface area contributed by atoms with Crippen molar-refractivity contribution in [1.82, 2.24) is 0 Å². The first-order valence-corrected chi connectivity index (χ1v) is 7.96. The Labute approximate surface area is 141 Å². The van der Waals surface area contributed by atoms with Crippen molar-refractivity contribution in [2.45, 2.75) is 19.4 Å². The van der Waals surface area contributed by atoms with E-state index in [4.69, 9.17) is 13.6 Å². The maximum Gasteiger partial charge on any atom is 0.348 e. The summed E-state index contributed by atoms with van der Waals surface area (Å²) in [6.45, 7) is 3.92. The van der Waals surface area contributed by atoms with Crippen LogP contribution in [0.3, 0.4) is 0 Å². The van der Waals surface area contributed by atoms with Crippen molar-refractivity contribution in [3.05, 3.63) is 52.4 Å². The van der Waals surface area contributed by atoms with E-state index < -0.39 is 11.2 Å². The van der Waals surface area contributed by atoms with Crippen LogP contribution in [0.4, 0.5) is 0 Å². The average molecular weight is 334 g/mol. The number of phenols is 1. The Morgan fingerprint density at radius 2 is 1.80 bits per heavy atom. The zero-order valence-electron chi connectivity index (χ0n) is 13.6. The number of furan rings is 1. The summed E-state index contributed by atoms with van der Waals surface area (Å²) in [4.78, 5) is 12.6. The third-order valence-corrected chi connectivity index (χ3v) is 4.50. The molecule has 0 atom stereocenters. The van der Waals surface area contributed by atoms with E-state index in [0.29, 0.717) is 38.7 Å². The predicted molar refractivity (Wildman–Crippen MR) is 95.2 cm³/mol. The van der Waals surface area contributed by atoms with Crippen molar-refractivity contribution in [2.75, 3.05) is 0 Å². The summed E-state index contributed by atoms with van der Waals surface area (Å²) in [5.74, 6) is 0.743. The van der Waals surface area contributed by atoms with Crippen molar-refractivity contribution < 1.29 is 18.7 Å². The standard InChI is InChI=1S/C20H14O5/c1-20(2)8-7-12-14(25-20)6-5-13-17(12)24-19(22)16-11-4-3-10(21)9-15(11)23-18(13)16/h3-9,21H,1-2H3. The number of ether oxygens (including phenoxy) is 1. The molecule has 124 valence electrons. The molecule has 0 saturated heterocycles. The summed E-state index contributed by atoms with van der Waals surface area (Å²) in [6.07, 6.45) is 3.83. The fourth-order valence-corrected chi connectivity index (χ4v) is 3.34. The van der Waals surface area contributed by atoms with Crippen LogP contribution in [0.15, 0.2) is 50.0 Å². The van der Waals surface area contributed by atoms with Gasteiger partial charge in [-0.2, -0.15) is 0 Å². The SMILES string of the molecule is CC1(C)C=Cc2c(ccc3c2oc(=O)c2c4ccc(O)cc4oc32)O1. The van der Waals surface area contributed by atoms with Gasteiger partial charge in [-0.1, -0.05) is 0 Å². The van der Waals surface area contributed by atoms with Crippen molar-refractivity contribution in [1.29, 1.82) is 0 Å². The first-order valence-electron chi connectivity index (χ1n) is 7.96. The fraction of sp³-hybridized carbons (Fsp3) is 0.150.